The highest BCUT2D eigenvalue weighted by molar-refractivity contribution is 6.03. The maximum absolute atomic E-state index is 13.5. The Balaban J connectivity index is 1.38. The molecule has 0 aliphatic carbocycles. The molecule has 1 amide bonds. The number of carbonyl (C=O) groups excluding carboxylic acids is 1. The van der Waals surface area contributed by atoms with Gasteiger partial charge in [0.15, 0.2) is 0 Å². The van der Waals surface area contributed by atoms with Gasteiger partial charge >= 0.3 is 0 Å². The third-order valence-corrected chi connectivity index (χ3v) is 6.34. The largest absolute Gasteiger partial charge is 0.497 e. The second-order valence-corrected chi connectivity index (χ2v) is 8.37. The Morgan fingerprint density at radius 3 is 2.44 bits per heavy atom. The van der Waals surface area contributed by atoms with Crippen LogP contribution >= 0.6 is 0 Å². The summed E-state index contributed by atoms with van der Waals surface area (Å²) < 4.78 is 5.31. The van der Waals surface area contributed by atoms with Gasteiger partial charge in [-0.05, 0) is 40.8 Å². The molecule has 5 heteroatoms. The van der Waals surface area contributed by atoms with Gasteiger partial charge in [0.2, 0.25) is 0 Å². The molecule has 0 saturated carbocycles. The molecule has 5 rings (SSSR count). The molecule has 2 heterocycles. The van der Waals surface area contributed by atoms with E-state index in [0.29, 0.717) is 13.0 Å². The highest BCUT2D eigenvalue weighted by atomic mass is 16.5. The molecule has 2 aliphatic rings. The van der Waals surface area contributed by atoms with E-state index in [1.165, 1.54) is 11.1 Å². The van der Waals surface area contributed by atoms with Crippen molar-refractivity contribution in [1.82, 2.24) is 9.91 Å². The van der Waals surface area contributed by atoms with Crippen LogP contribution in [0.5, 0.6) is 5.75 Å². The lowest BCUT2D eigenvalue weighted by Crippen LogP contribution is -2.40. The van der Waals surface area contributed by atoms with Crippen molar-refractivity contribution in [3.8, 4) is 5.75 Å². The van der Waals surface area contributed by atoms with E-state index in [4.69, 9.17) is 9.84 Å². The fourth-order valence-electron chi connectivity index (χ4n) is 4.58. The quantitative estimate of drug-likeness (QED) is 0.607. The molecule has 0 radical (unpaired) electrons. The van der Waals surface area contributed by atoms with Gasteiger partial charge in [-0.2, -0.15) is 5.10 Å². The molecule has 0 bridgehead atoms. The van der Waals surface area contributed by atoms with Crippen molar-refractivity contribution in [2.75, 3.05) is 20.2 Å². The number of hydrogen-bond acceptors (Lipinski definition) is 4. The van der Waals surface area contributed by atoms with Gasteiger partial charge in [0, 0.05) is 19.5 Å². The summed E-state index contributed by atoms with van der Waals surface area (Å²) in [5.74, 6) is 0.844. The summed E-state index contributed by atoms with van der Waals surface area (Å²) in [5.41, 5.74) is 5.78. The minimum atomic E-state index is -0.110. The van der Waals surface area contributed by atoms with E-state index >= 15 is 0 Å². The van der Waals surface area contributed by atoms with E-state index in [-0.39, 0.29) is 11.9 Å². The van der Waals surface area contributed by atoms with Crippen LogP contribution < -0.4 is 4.74 Å². The number of hydrazone groups is 1. The lowest BCUT2D eigenvalue weighted by Gasteiger charge is -2.30. The predicted molar refractivity (Wildman–Crippen MR) is 126 cm³/mol. The molecule has 2 aliphatic heterocycles. The molecule has 0 spiro atoms. The normalized spacial score (nSPS) is 18.2. The maximum atomic E-state index is 13.5. The van der Waals surface area contributed by atoms with Crippen LogP contribution in [0.2, 0.25) is 0 Å². The van der Waals surface area contributed by atoms with Gasteiger partial charge in [0.05, 0.1) is 25.4 Å². The number of fused-ring (bicyclic) bond motifs is 1. The van der Waals surface area contributed by atoms with Crippen molar-refractivity contribution in [3.63, 3.8) is 0 Å². The maximum Gasteiger partial charge on any atom is 0.257 e. The minimum Gasteiger partial charge on any atom is -0.497 e. The number of amides is 1. The van der Waals surface area contributed by atoms with E-state index in [9.17, 15) is 4.79 Å². The van der Waals surface area contributed by atoms with Gasteiger partial charge < -0.3 is 4.74 Å². The van der Waals surface area contributed by atoms with Gasteiger partial charge in [0.1, 0.15) is 5.75 Å². The molecule has 3 aromatic rings. The highest BCUT2D eigenvalue weighted by Gasteiger charge is 2.34. The third kappa shape index (κ3) is 4.16. The van der Waals surface area contributed by atoms with Gasteiger partial charge in [-0.1, -0.05) is 66.7 Å². The Morgan fingerprint density at radius 1 is 0.969 bits per heavy atom. The Labute approximate surface area is 188 Å². The van der Waals surface area contributed by atoms with E-state index < -0.39 is 0 Å². The number of methoxy groups -OCH3 is 1. The number of benzene rings is 3. The average Bonchev–Trinajstić information content (AvgIpc) is 3.30. The monoisotopic (exact) mass is 425 g/mol. The second-order valence-electron chi connectivity index (χ2n) is 8.37. The zero-order valence-corrected chi connectivity index (χ0v) is 18.3. The second kappa shape index (κ2) is 8.97. The molecular formula is C27H27N3O2. The first kappa shape index (κ1) is 20.5. The highest BCUT2D eigenvalue weighted by Crippen LogP contribution is 2.34. The summed E-state index contributed by atoms with van der Waals surface area (Å²) in [6.07, 6.45) is 1.68. The molecule has 3 aromatic carbocycles. The summed E-state index contributed by atoms with van der Waals surface area (Å²) in [6.45, 7) is 2.06. The number of nitrogens with zero attached hydrogens (tertiary/aromatic N) is 3. The van der Waals surface area contributed by atoms with Crippen molar-refractivity contribution in [1.29, 1.82) is 0 Å². The first-order valence-electron chi connectivity index (χ1n) is 11.1. The van der Waals surface area contributed by atoms with Gasteiger partial charge in [-0.15, -0.1) is 0 Å². The SMILES string of the molecule is COc1ccc([C@@H]2CC(c3ccccc3)=NN2C(=O)CN2CCc3ccccc3C2)cc1. The first-order valence-corrected chi connectivity index (χ1v) is 11.1. The summed E-state index contributed by atoms with van der Waals surface area (Å²) in [5, 5.41) is 6.51. The molecule has 5 nitrogen and oxygen atoms in total. The first-order chi connectivity index (χ1) is 15.7. The topological polar surface area (TPSA) is 45.1 Å². The average molecular weight is 426 g/mol. The van der Waals surface area contributed by atoms with Gasteiger partial charge in [-0.3, -0.25) is 9.69 Å². The molecule has 32 heavy (non-hydrogen) atoms. The van der Waals surface area contributed by atoms with Crippen LogP contribution in [0.25, 0.3) is 0 Å². The summed E-state index contributed by atoms with van der Waals surface area (Å²) in [7, 11) is 1.66. The molecule has 162 valence electrons. The fraction of sp³-hybridized carbons (Fsp3) is 0.259. The molecule has 0 fully saturated rings. The lowest BCUT2D eigenvalue weighted by molar-refractivity contribution is -0.134. The Bertz CT molecular complexity index is 1130. The summed E-state index contributed by atoms with van der Waals surface area (Å²) in [4.78, 5) is 15.7. The zero-order valence-electron chi connectivity index (χ0n) is 18.3. The van der Waals surface area contributed by atoms with Crippen LogP contribution in [0.3, 0.4) is 0 Å². The Morgan fingerprint density at radius 2 is 1.69 bits per heavy atom. The predicted octanol–water partition coefficient (Wildman–Crippen LogP) is 4.43. The van der Waals surface area contributed by atoms with Crippen molar-refractivity contribution in [3.05, 3.63) is 101 Å². The van der Waals surface area contributed by atoms with Crippen LogP contribution in [-0.2, 0) is 17.8 Å². The molecule has 0 unspecified atom stereocenters. The minimum absolute atomic E-state index is 0.0381. The summed E-state index contributed by atoms with van der Waals surface area (Å²) >= 11 is 0. The summed E-state index contributed by atoms with van der Waals surface area (Å²) in [6, 6.07) is 26.5. The molecule has 0 aromatic heterocycles. The van der Waals surface area contributed by atoms with Crippen molar-refractivity contribution < 1.29 is 9.53 Å². The number of rotatable bonds is 5. The lowest BCUT2D eigenvalue weighted by atomic mass is 9.98. The Hall–Kier alpha value is -3.44. The molecule has 0 saturated heterocycles. The zero-order chi connectivity index (χ0) is 21.9. The molecular weight excluding hydrogens is 398 g/mol. The number of ether oxygens (including phenoxy) is 1. The van der Waals surface area contributed by atoms with Crippen LogP contribution in [0, 0.1) is 0 Å². The molecule has 1 atom stereocenters. The van der Waals surface area contributed by atoms with E-state index in [1.807, 2.05) is 42.5 Å². The van der Waals surface area contributed by atoms with Crippen molar-refractivity contribution in [2.45, 2.75) is 25.4 Å². The van der Waals surface area contributed by atoms with Gasteiger partial charge in [-0.25, -0.2) is 5.01 Å². The van der Waals surface area contributed by atoms with Crippen LogP contribution in [-0.4, -0.2) is 41.7 Å². The van der Waals surface area contributed by atoms with Crippen molar-refractivity contribution in [2.24, 2.45) is 5.10 Å². The van der Waals surface area contributed by atoms with E-state index in [0.717, 1.165) is 42.1 Å². The van der Waals surface area contributed by atoms with E-state index in [1.54, 1.807) is 12.1 Å². The number of carbonyl (C=O) groups is 1. The Kier molecular flexibility index (Phi) is 5.73. The van der Waals surface area contributed by atoms with Gasteiger partial charge in [0.25, 0.3) is 5.91 Å². The third-order valence-electron chi connectivity index (χ3n) is 6.34. The molecule has 0 N–H and O–H groups in total. The number of hydrogen-bond donors (Lipinski definition) is 0. The van der Waals surface area contributed by atoms with Crippen LogP contribution in [0.1, 0.15) is 34.7 Å². The van der Waals surface area contributed by atoms with Crippen molar-refractivity contribution >= 4 is 11.6 Å². The standard InChI is InChI=1S/C27H27N3O2/c1-32-24-13-11-22(12-14-24)26-17-25(21-8-3-2-4-9-21)28-30(26)27(31)19-29-16-15-20-7-5-6-10-23(20)18-29/h2-14,26H,15-19H2,1H3/t26-/m0/s1. The van der Waals surface area contributed by atoms with E-state index in [2.05, 4.69) is 41.3 Å². The van der Waals surface area contributed by atoms with Crippen LogP contribution in [0.15, 0.2) is 84.0 Å². The smallest absolute Gasteiger partial charge is 0.257 e. The van der Waals surface area contributed by atoms with Crippen LogP contribution in [0.4, 0.5) is 0 Å². The fourth-order valence-corrected chi connectivity index (χ4v) is 4.58.